The molecule has 1 aliphatic rings. The van der Waals surface area contributed by atoms with Crippen LogP contribution in [0.5, 0.6) is 0 Å². The van der Waals surface area contributed by atoms with Crippen LogP contribution in [0.25, 0.3) is 0 Å². The number of likely N-dealkylation sites (N-methyl/N-ethyl adjacent to an activating group) is 1. The summed E-state index contributed by atoms with van der Waals surface area (Å²) in [6.45, 7) is 0.309. The number of amides is 1. The smallest absolute Gasteiger partial charge is 0.239 e. The van der Waals surface area contributed by atoms with Gasteiger partial charge < -0.3 is 5.32 Å². The number of benzene rings is 1. The zero-order valence-electron chi connectivity index (χ0n) is 14.4. The van der Waals surface area contributed by atoms with E-state index >= 15 is 0 Å². The molecule has 0 spiro atoms. The summed E-state index contributed by atoms with van der Waals surface area (Å²) in [6.07, 6.45) is 4.07. The fourth-order valence-electron chi connectivity index (χ4n) is 3.19. The number of thiophene rings is 1. The zero-order valence-corrected chi connectivity index (χ0v) is 16.0. The topological polar surface area (TPSA) is 56.1 Å². The Morgan fingerprint density at radius 2 is 2.19 bits per heavy atom. The number of nitriles is 1. The van der Waals surface area contributed by atoms with E-state index in [2.05, 4.69) is 11.4 Å². The van der Waals surface area contributed by atoms with E-state index in [0.717, 1.165) is 31.2 Å². The van der Waals surface area contributed by atoms with Crippen molar-refractivity contribution in [3.63, 3.8) is 0 Å². The molecule has 1 aromatic heterocycles. The third-order valence-corrected chi connectivity index (χ3v) is 6.00. The average molecular weight is 392 g/mol. The minimum Gasteiger partial charge on any atom is -0.315 e. The van der Waals surface area contributed by atoms with Crippen molar-refractivity contribution in [1.82, 2.24) is 4.90 Å². The number of hydrogen-bond donors (Lipinski definition) is 1. The summed E-state index contributed by atoms with van der Waals surface area (Å²) in [7, 11) is 1.73. The van der Waals surface area contributed by atoms with Gasteiger partial charge in [0.15, 0.2) is 0 Å². The largest absolute Gasteiger partial charge is 0.315 e. The van der Waals surface area contributed by atoms with E-state index in [1.54, 1.807) is 24.1 Å². The summed E-state index contributed by atoms with van der Waals surface area (Å²) in [4.78, 5) is 15.3. The molecule has 0 fully saturated rings. The molecule has 1 aliphatic carbocycles. The van der Waals surface area contributed by atoms with Crippen molar-refractivity contribution >= 4 is 33.8 Å². The molecule has 0 saturated heterocycles. The molecule has 26 heavy (non-hydrogen) atoms. The highest BCUT2D eigenvalue weighted by Gasteiger charge is 2.22. The first-order valence-corrected chi connectivity index (χ1v) is 9.65. The Kier molecular flexibility index (Phi) is 5.92. The lowest BCUT2D eigenvalue weighted by atomic mass is 9.96. The number of carbonyl (C=O) groups is 1. The molecule has 1 heterocycles. The number of halogens is 2. The van der Waals surface area contributed by atoms with Gasteiger partial charge in [-0.25, -0.2) is 4.39 Å². The van der Waals surface area contributed by atoms with Gasteiger partial charge in [0.1, 0.15) is 16.9 Å². The van der Waals surface area contributed by atoms with E-state index < -0.39 is 0 Å². The quantitative estimate of drug-likeness (QED) is 0.823. The van der Waals surface area contributed by atoms with E-state index in [9.17, 15) is 14.4 Å². The van der Waals surface area contributed by atoms with Crippen molar-refractivity contribution in [1.29, 1.82) is 5.26 Å². The molecule has 0 bridgehead atoms. The maximum Gasteiger partial charge on any atom is 0.239 e. The van der Waals surface area contributed by atoms with E-state index in [4.69, 9.17) is 11.6 Å². The van der Waals surface area contributed by atoms with Gasteiger partial charge in [0.2, 0.25) is 5.91 Å². The third kappa shape index (κ3) is 4.07. The van der Waals surface area contributed by atoms with Crippen LogP contribution in [0.15, 0.2) is 18.2 Å². The Balaban J connectivity index is 1.66. The Labute approximate surface area is 161 Å². The predicted molar refractivity (Wildman–Crippen MR) is 102 cm³/mol. The van der Waals surface area contributed by atoms with Crippen molar-refractivity contribution in [2.45, 2.75) is 32.2 Å². The molecule has 0 aliphatic heterocycles. The van der Waals surface area contributed by atoms with Gasteiger partial charge in [-0.15, -0.1) is 11.3 Å². The number of carbonyl (C=O) groups excluding carboxylic acids is 1. The van der Waals surface area contributed by atoms with Crippen LogP contribution in [0.3, 0.4) is 0 Å². The van der Waals surface area contributed by atoms with Crippen LogP contribution >= 0.6 is 22.9 Å². The van der Waals surface area contributed by atoms with Crippen molar-refractivity contribution in [2.24, 2.45) is 0 Å². The molecule has 7 heteroatoms. The molecule has 3 rings (SSSR count). The number of anilines is 1. The molecule has 0 saturated carbocycles. The first-order chi connectivity index (χ1) is 12.5. The molecule has 2 aromatic rings. The lowest BCUT2D eigenvalue weighted by molar-refractivity contribution is -0.117. The van der Waals surface area contributed by atoms with Gasteiger partial charge >= 0.3 is 0 Å². The van der Waals surface area contributed by atoms with E-state index in [0.29, 0.717) is 21.2 Å². The van der Waals surface area contributed by atoms with Gasteiger partial charge in [-0.05, 0) is 50.4 Å². The number of nitrogens with zero attached hydrogens (tertiary/aromatic N) is 2. The van der Waals surface area contributed by atoms with E-state index in [1.807, 2.05) is 0 Å². The molecule has 4 nitrogen and oxygen atoms in total. The van der Waals surface area contributed by atoms with Crippen LogP contribution in [0.2, 0.25) is 5.02 Å². The fourth-order valence-corrected chi connectivity index (χ4v) is 4.67. The lowest BCUT2D eigenvalue weighted by Gasteiger charge is -2.17. The SMILES string of the molecule is CN(CC(=O)Nc1sc2c(c1C#N)CCCC2)Cc1c(F)cccc1Cl. The molecule has 0 atom stereocenters. The van der Waals surface area contributed by atoms with Gasteiger partial charge in [0.05, 0.1) is 12.1 Å². The first kappa shape index (κ1) is 18.8. The summed E-state index contributed by atoms with van der Waals surface area (Å²) in [5.74, 6) is -0.613. The minimum atomic E-state index is -0.387. The summed E-state index contributed by atoms with van der Waals surface area (Å²) < 4.78 is 13.9. The van der Waals surface area contributed by atoms with Crippen LogP contribution in [-0.2, 0) is 24.2 Å². The van der Waals surface area contributed by atoms with Gasteiger partial charge in [-0.2, -0.15) is 5.26 Å². The molecular weight excluding hydrogens is 373 g/mol. The average Bonchev–Trinajstić information content (AvgIpc) is 2.95. The van der Waals surface area contributed by atoms with Gasteiger partial charge in [-0.1, -0.05) is 17.7 Å². The Bertz CT molecular complexity index is 854. The van der Waals surface area contributed by atoms with Crippen LogP contribution < -0.4 is 5.32 Å². The number of rotatable bonds is 5. The molecule has 0 radical (unpaired) electrons. The number of nitrogens with one attached hydrogen (secondary N) is 1. The predicted octanol–water partition coefficient (Wildman–Crippen LogP) is 4.36. The molecule has 1 aromatic carbocycles. The number of aryl methyl sites for hydroxylation is 1. The van der Waals surface area contributed by atoms with Gasteiger partial charge in [-0.3, -0.25) is 9.69 Å². The van der Waals surface area contributed by atoms with Crippen LogP contribution in [0.1, 0.15) is 34.4 Å². The van der Waals surface area contributed by atoms with E-state index in [1.165, 1.54) is 22.3 Å². The summed E-state index contributed by atoms with van der Waals surface area (Å²) in [6, 6.07) is 6.76. The zero-order chi connectivity index (χ0) is 18.7. The summed E-state index contributed by atoms with van der Waals surface area (Å²) in [5, 5.41) is 13.3. The second-order valence-corrected chi connectivity index (χ2v) is 7.96. The van der Waals surface area contributed by atoms with Crippen LogP contribution in [0, 0.1) is 17.1 Å². The molecule has 0 unspecified atom stereocenters. The first-order valence-electron chi connectivity index (χ1n) is 8.45. The Morgan fingerprint density at radius 1 is 1.42 bits per heavy atom. The molecule has 1 N–H and O–H groups in total. The number of fused-ring (bicyclic) bond motifs is 1. The highest BCUT2D eigenvalue weighted by Crippen LogP contribution is 2.37. The maximum atomic E-state index is 13.9. The summed E-state index contributed by atoms with van der Waals surface area (Å²) in [5.41, 5.74) is 2.05. The normalized spacial score (nSPS) is 13.3. The highest BCUT2D eigenvalue weighted by molar-refractivity contribution is 7.16. The fraction of sp³-hybridized carbons (Fsp3) is 0.368. The number of hydrogen-bond acceptors (Lipinski definition) is 4. The molecular formula is C19H19ClFN3OS. The molecule has 1 amide bonds. The summed E-state index contributed by atoms with van der Waals surface area (Å²) >= 11 is 7.53. The van der Waals surface area contributed by atoms with Crippen molar-refractivity contribution in [3.8, 4) is 6.07 Å². The highest BCUT2D eigenvalue weighted by atomic mass is 35.5. The Morgan fingerprint density at radius 3 is 2.92 bits per heavy atom. The van der Waals surface area contributed by atoms with Gasteiger partial charge in [0, 0.05) is 22.0 Å². The standard InChI is InChI=1S/C19H19ClFN3OS/c1-24(10-14-15(20)6-4-7-16(14)21)11-18(25)23-19-13(9-22)12-5-2-3-8-17(12)26-19/h4,6-7H,2-3,5,8,10-11H2,1H3,(H,23,25). The van der Waals surface area contributed by atoms with E-state index in [-0.39, 0.29) is 24.8 Å². The van der Waals surface area contributed by atoms with Gasteiger partial charge in [0.25, 0.3) is 0 Å². The Hall–Kier alpha value is -1.94. The maximum absolute atomic E-state index is 13.9. The van der Waals surface area contributed by atoms with Crippen molar-refractivity contribution < 1.29 is 9.18 Å². The third-order valence-electron chi connectivity index (χ3n) is 4.44. The van der Waals surface area contributed by atoms with Crippen LogP contribution in [0.4, 0.5) is 9.39 Å². The molecule has 136 valence electrons. The van der Waals surface area contributed by atoms with Crippen LogP contribution in [-0.4, -0.2) is 24.4 Å². The lowest BCUT2D eigenvalue weighted by Crippen LogP contribution is -2.30. The monoisotopic (exact) mass is 391 g/mol. The van der Waals surface area contributed by atoms with Crippen molar-refractivity contribution in [3.05, 3.63) is 50.6 Å². The second-order valence-electron chi connectivity index (χ2n) is 6.45. The van der Waals surface area contributed by atoms with Crippen molar-refractivity contribution in [2.75, 3.05) is 18.9 Å². The minimum absolute atomic E-state index is 0.0814. The second kappa shape index (κ2) is 8.17.